The van der Waals surface area contributed by atoms with Crippen LogP contribution < -0.4 is 0 Å². The minimum Gasteiger partial charge on any atom is -0.393 e. The molecule has 4 heteroatoms. The number of carbonyl (C=O) groups excluding carboxylic acids is 1. The monoisotopic (exact) mass is 470 g/mol. The summed E-state index contributed by atoms with van der Waals surface area (Å²) in [5.74, 6) is 1.42. The van der Waals surface area contributed by atoms with E-state index in [4.69, 9.17) is 4.74 Å². The van der Waals surface area contributed by atoms with Gasteiger partial charge in [-0.1, -0.05) is 33.8 Å². The maximum atomic E-state index is 12.8. The first-order chi connectivity index (χ1) is 15.6. The number of aliphatic hydroxyl groups is 2. The molecule has 2 spiro atoms. The first kappa shape index (κ1) is 23.7. The van der Waals surface area contributed by atoms with Crippen LogP contribution in [0.25, 0.3) is 0 Å². The Hall–Kier alpha value is -0.710. The molecule has 6 aliphatic rings. The first-order valence-electron chi connectivity index (χ1n) is 13.9. The van der Waals surface area contributed by atoms with Gasteiger partial charge in [0.1, 0.15) is 0 Å². The molecule has 1 heterocycles. The van der Waals surface area contributed by atoms with E-state index in [-0.39, 0.29) is 39.8 Å². The van der Waals surface area contributed by atoms with Gasteiger partial charge in [-0.25, -0.2) is 0 Å². The summed E-state index contributed by atoms with van der Waals surface area (Å²) in [6.07, 6.45) is 12.1. The second-order valence-corrected chi connectivity index (χ2v) is 15.2. The van der Waals surface area contributed by atoms with Gasteiger partial charge >= 0.3 is 0 Å². The van der Waals surface area contributed by atoms with Crippen molar-refractivity contribution in [1.82, 2.24) is 0 Å². The van der Waals surface area contributed by atoms with Gasteiger partial charge in [0.2, 0.25) is 0 Å². The molecule has 0 bridgehead atoms. The summed E-state index contributed by atoms with van der Waals surface area (Å²) < 4.78 is 6.66. The van der Waals surface area contributed by atoms with E-state index in [9.17, 15) is 15.0 Å². The van der Waals surface area contributed by atoms with Crippen LogP contribution in [0.15, 0.2) is 12.2 Å². The third kappa shape index (κ3) is 2.49. The summed E-state index contributed by atoms with van der Waals surface area (Å²) in [7, 11) is 0. The van der Waals surface area contributed by atoms with Crippen molar-refractivity contribution in [2.45, 2.75) is 123 Å². The van der Waals surface area contributed by atoms with Gasteiger partial charge in [-0.15, -0.1) is 0 Å². The average Bonchev–Trinajstić information content (AvgIpc) is 3.11. The number of rotatable bonds is 2. The van der Waals surface area contributed by atoms with Crippen molar-refractivity contribution in [3.63, 3.8) is 0 Å². The molecule has 190 valence electrons. The molecule has 0 radical (unpaired) electrons. The lowest BCUT2D eigenvalue weighted by molar-refractivity contribution is -0.188. The summed E-state index contributed by atoms with van der Waals surface area (Å²) >= 11 is 0. The average molecular weight is 471 g/mol. The smallest absolute Gasteiger partial charge is 0.161 e. The van der Waals surface area contributed by atoms with Crippen molar-refractivity contribution in [1.29, 1.82) is 0 Å². The molecule has 10 atom stereocenters. The molecule has 0 aromatic heterocycles. The lowest BCUT2D eigenvalue weighted by Gasteiger charge is -2.62. The zero-order valence-electron chi connectivity index (χ0n) is 22.4. The Morgan fingerprint density at radius 2 is 1.65 bits per heavy atom. The van der Waals surface area contributed by atoms with Crippen LogP contribution in [0.1, 0.15) is 99.8 Å². The summed E-state index contributed by atoms with van der Waals surface area (Å²) in [5.41, 5.74) is -0.994. The number of carbonyl (C=O) groups is 1. The highest BCUT2D eigenvalue weighted by Crippen LogP contribution is 2.88. The van der Waals surface area contributed by atoms with E-state index < -0.39 is 11.2 Å². The van der Waals surface area contributed by atoms with Crippen LogP contribution in [0.3, 0.4) is 0 Å². The van der Waals surface area contributed by atoms with Crippen molar-refractivity contribution in [2.75, 3.05) is 0 Å². The fourth-order valence-corrected chi connectivity index (χ4v) is 11.3. The van der Waals surface area contributed by atoms with E-state index in [2.05, 4.69) is 40.7 Å². The third-order valence-corrected chi connectivity index (χ3v) is 13.1. The maximum Gasteiger partial charge on any atom is 0.161 e. The number of hydrogen-bond donors (Lipinski definition) is 2. The number of ketones is 1. The molecule has 1 saturated heterocycles. The van der Waals surface area contributed by atoms with Gasteiger partial charge in [0.05, 0.1) is 23.4 Å². The highest BCUT2D eigenvalue weighted by atomic mass is 16.5. The molecule has 5 fully saturated rings. The van der Waals surface area contributed by atoms with E-state index in [0.29, 0.717) is 23.0 Å². The largest absolute Gasteiger partial charge is 0.393 e. The summed E-state index contributed by atoms with van der Waals surface area (Å²) in [5, 5.41) is 22.4. The molecule has 4 nitrogen and oxygen atoms in total. The third-order valence-electron chi connectivity index (χ3n) is 13.1. The molecule has 0 amide bonds. The standard InChI is InChI=1S/C30H46O4/c1-24(2)19-8-9-20-27(6)16-18(31)23(28(7)12-11-22(34-28)25(3,4)33)26(27,5)14-15-30(20)17-29(19,30)13-10-21(24)32/h10,13,18-20,22-23,31,33H,8-9,11-12,14-17H2,1-7H3/t18-,19?,20?,22+,23?,26+,27-,28?,29+,30-/m0/s1. The molecule has 4 unspecified atom stereocenters. The highest BCUT2D eigenvalue weighted by molar-refractivity contribution is 5.96. The molecule has 2 N–H and O–H groups in total. The predicted molar refractivity (Wildman–Crippen MR) is 132 cm³/mol. The Morgan fingerprint density at radius 3 is 2.29 bits per heavy atom. The van der Waals surface area contributed by atoms with Crippen molar-refractivity contribution >= 4 is 5.78 Å². The molecule has 5 aliphatic carbocycles. The summed E-state index contributed by atoms with van der Waals surface area (Å²) in [6.45, 7) is 15.2. The molecular weight excluding hydrogens is 424 g/mol. The molecular formula is C30H46O4. The Bertz CT molecular complexity index is 961. The van der Waals surface area contributed by atoms with Gasteiger partial charge in [0.15, 0.2) is 5.78 Å². The van der Waals surface area contributed by atoms with E-state index in [0.717, 1.165) is 32.1 Å². The van der Waals surface area contributed by atoms with E-state index >= 15 is 0 Å². The van der Waals surface area contributed by atoms with Crippen LogP contribution in [-0.4, -0.2) is 39.4 Å². The van der Waals surface area contributed by atoms with Crippen molar-refractivity contribution in [2.24, 2.45) is 44.8 Å². The SMILES string of the molecule is CC1(C2[C@@H](O)C[C@@]3(C)C4CCC5C(C)(C)C(=O)C=C[C@@]56C[C@@]46CC[C@]23C)CC[C@H](C(C)(C)O)O1. The topological polar surface area (TPSA) is 66.8 Å². The fraction of sp³-hybridized carbons (Fsp3) is 0.900. The van der Waals surface area contributed by atoms with Gasteiger partial charge in [0, 0.05) is 11.3 Å². The normalized spacial score (nSPS) is 57.6. The molecule has 34 heavy (non-hydrogen) atoms. The lowest BCUT2D eigenvalue weighted by atomic mass is 9.42. The van der Waals surface area contributed by atoms with Crippen LogP contribution in [0.5, 0.6) is 0 Å². The van der Waals surface area contributed by atoms with Gasteiger partial charge < -0.3 is 14.9 Å². The van der Waals surface area contributed by atoms with Gasteiger partial charge in [0.25, 0.3) is 0 Å². The van der Waals surface area contributed by atoms with Crippen molar-refractivity contribution in [3.05, 3.63) is 12.2 Å². The Morgan fingerprint density at radius 1 is 0.971 bits per heavy atom. The van der Waals surface area contributed by atoms with Crippen molar-refractivity contribution < 1.29 is 19.7 Å². The number of aliphatic hydroxyl groups excluding tert-OH is 1. The second-order valence-electron chi connectivity index (χ2n) is 15.2. The summed E-state index contributed by atoms with van der Waals surface area (Å²) in [4.78, 5) is 12.8. The van der Waals surface area contributed by atoms with Gasteiger partial charge in [-0.2, -0.15) is 0 Å². The number of ether oxygens (including phenoxy) is 1. The Balaban J connectivity index is 1.36. The van der Waals surface area contributed by atoms with Gasteiger partial charge in [-0.05, 0) is 112 Å². The minimum atomic E-state index is -0.863. The summed E-state index contributed by atoms with van der Waals surface area (Å²) in [6, 6.07) is 0. The van der Waals surface area contributed by atoms with Crippen molar-refractivity contribution in [3.8, 4) is 0 Å². The van der Waals surface area contributed by atoms with Crippen LogP contribution in [0.2, 0.25) is 0 Å². The number of allylic oxidation sites excluding steroid dienone is 2. The predicted octanol–water partition coefficient (Wildman–Crippen LogP) is 5.45. The van der Waals surface area contributed by atoms with E-state index in [1.807, 2.05) is 19.9 Å². The number of fused-ring (bicyclic) bond motifs is 2. The Labute approximate surface area is 205 Å². The minimum absolute atomic E-state index is 0.00586. The molecule has 4 saturated carbocycles. The maximum absolute atomic E-state index is 12.8. The lowest BCUT2D eigenvalue weighted by Crippen LogP contribution is -2.58. The van der Waals surface area contributed by atoms with Crippen LogP contribution in [0, 0.1) is 44.8 Å². The quantitative estimate of drug-likeness (QED) is 0.563. The van der Waals surface area contributed by atoms with E-state index in [1.54, 1.807) is 0 Å². The zero-order valence-corrected chi connectivity index (χ0v) is 22.4. The Kier molecular flexibility index (Phi) is 4.46. The number of hydrogen-bond acceptors (Lipinski definition) is 4. The first-order valence-corrected chi connectivity index (χ1v) is 13.9. The molecule has 0 aromatic carbocycles. The van der Waals surface area contributed by atoms with Crippen LogP contribution in [-0.2, 0) is 9.53 Å². The molecule has 0 aromatic rings. The highest BCUT2D eigenvalue weighted by Gasteiger charge is 2.83. The fourth-order valence-electron chi connectivity index (χ4n) is 11.3. The molecule has 1 aliphatic heterocycles. The molecule has 6 rings (SSSR count). The zero-order chi connectivity index (χ0) is 24.7. The van der Waals surface area contributed by atoms with E-state index in [1.165, 1.54) is 19.3 Å². The second kappa shape index (κ2) is 6.40. The van der Waals surface area contributed by atoms with Gasteiger partial charge in [-0.3, -0.25) is 4.79 Å². The van der Waals surface area contributed by atoms with Crippen LogP contribution in [0.4, 0.5) is 0 Å². The van der Waals surface area contributed by atoms with Crippen LogP contribution >= 0.6 is 0 Å².